The second-order valence-corrected chi connectivity index (χ2v) is 6.02. The first kappa shape index (κ1) is 9.51. The van der Waals surface area contributed by atoms with Crippen LogP contribution in [0, 0.1) is 17.3 Å². The molecular weight excluding hydrogens is 158 g/mol. The predicted octanol–water partition coefficient (Wildman–Crippen LogP) is 2.94. The molecule has 1 heteroatoms. The first-order chi connectivity index (χ1) is 5.95. The summed E-state index contributed by atoms with van der Waals surface area (Å²) in [7, 11) is 0. The second kappa shape index (κ2) is 2.73. The van der Waals surface area contributed by atoms with E-state index in [9.17, 15) is 0 Å². The molecule has 2 N–H and O–H groups in total. The Hall–Kier alpha value is -0.0400. The molecule has 0 radical (unpaired) electrons. The second-order valence-electron chi connectivity index (χ2n) is 6.02. The maximum absolute atomic E-state index is 6.51. The maximum atomic E-state index is 6.51. The summed E-state index contributed by atoms with van der Waals surface area (Å²) in [5, 5.41) is 0. The van der Waals surface area contributed by atoms with Crippen molar-refractivity contribution in [2.75, 3.05) is 0 Å². The minimum absolute atomic E-state index is 0.0814. The predicted molar refractivity (Wildman–Crippen MR) is 56.4 cm³/mol. The van der Waals surface area contributed by atoms with Gasteiger partial charge in [-0.15, -0.1) is 0 Å². The van der Waals surface area contributed by atoms with Gasteiger partial charge in [-0.1, -0.05) is 33.1 Å². The van der Waals surface area contributed by atoms with Crippen LogP contribution in [-0.4, -0.2) is 5.54 Å². The van der Waals surface area contributed by atoms with Crippen LogP contribution in [0.4, 0.5) is 0 Å². The van der Waals surface area contributed by atoms with Gasteiger partial charge in [0.05, 0.1) is 0 Å². The highest BCUT2D eigenvalue weighted by molar-refractivity contribution is 5.08. The van der Waals surface area contributed by atoms with Crippen molar-refractivity contribution in [1.29, 1.82) is 0 Å². The van der Waals surface area contributed by atoms with E-state index in [1.54, 1.807) is 0 Å². The van der Waals surface area contributed by atoms with Gasteiger partial charge < -0.3 is 5.73 Å². The van der Waals surface area contributed by atoms with E-state index >= 15 is 0 Å². The Bertz CT molecular complexity index is 205. The molecule has 2 saturated carbocycles. The summed E-state index contributed by atoms with van der Waals surface area (Å²) < 4.78 is 0. The molecule has 2 aliphatic rings. The Balaban J connectivity index is 2.25. The third-order valence-electron chi connectivity index (χ3n) is 4.91. The zero-order valence-corrected chi connectivity index (χ0v) is 9.27. The fraction of sp³-hybridized carbons (Fsp3) is 1.00. The number of hydrogen-bond donors (Lipinski definition) is 1. The summed E-state index contributed by atoms with van der Waals surface area (Å²) in [6.07, 6.45) is 7.00. The van der Waals surface area contributed by atoms with Crippen LogP contribution in [0.25, 0.3) is 0 Å². The van der Waals surface area contributed by atoms with E-state index in [4.69, 9.17) is 5.73 Å². The van der Waals surface area contributed by atoms with Crippen LogP contribution < -0.4 is 5.73 Å². The number of nitrogens with two attached hydrogens (primary N) is 1. The van der Waals surface area contributed by atoms with Crippen molar-refractivity contribution in [3.05, 3.63) is 0 Å². The molecule has 2 aliphatic carbocycles. The smallest absolute Gasteiger partial charge is 0.0208 e. The zero-order chi connectivity index (χ0) is 9.69. The normalized spacial score (nSPS) is 48.9. The highest BCUT2D eigenvalue weighted by Crippen LogP contribution is 2.55. The van der Waals surface area contributed by atoms with E-state index < -0.39 is 0 Å². The van der Waals surface area contributed by atoms with Gasteiger partial charge in [0.1, 0.15) is 0 Å². The van der Waals surface area contributed by atoms with Crippen LogP contribution in [0.5, 0.6) is 0 Å². The monoisotopic (exact) mass is 181 g/mol. The van der Waals surface area contributed by atoms with Crippen molar-refractivity contribution in [3.8, 4) is 0 Å². The van der Waals surface area contributed by atoms with Gasteiger partial charge in [-0.3, -0.25) is 0 Å². The quantitative estimate of drug-likeness (QED) is 0.611. The molecule has 0 aromatic rings. The van der Waals surface area contributed by atoms with Gasteiger partial charge in [-0.05, 0) is 37.0 Å². The van der Waals surface area contributed by atoms with Gasteiger partial charge in [0.15, 0.2) is 0 Å². The standard InChI is InChI=1S/C12H23N/c1-11(2)8-9-6-4-5-7-10(9)12(11,3)13/h9-10H,4-8,13H2,1-3H3. The average Bonchev–Trinajstić information content (AvgIpc) is 2.20. The molecule has 0 heterocycles. The third-order valence-corrected chi connectivity index (χ3v) is 4.91. The maximum Gasteiger partial charge on any atom is 0.0208 e. The molecule has 3 unspecified atom stereocenters. The molecule has 76 valence electrons. The Kier molecular flexibility index (Phi) is 1.99. The molecule has 1 nitrogen and oxygen atoms in total. The van der Waals surface area contributed by atoms with Crippen molar-refractivity contribution in [2.24, 2.45) is 23.0 Å². The lowest BCUT2D eigenvalue weighted by Crippen LogP contribution is -2.51. The highest BCUT2D eigenvalue weighted by Gasteiger charge is 2.54. The summed E-state index contributed by atoms with van der Waals surface area (Å²) in [4.78, 5) is 0. The van der Waals surface area contributed by atoms with E-state index in [-0.39, 0.29) is 5.54 Å². The fourth-order valence-corrected chi connectivity index (χ4v) is 3.62. The van der Waals surface area contributed by atoms with Crippen LogP contribution in [0.15, 0.2) is 0 Å². The first-order valence-corrected chi connectivity index (χ1v) is 5.74. The summed E-state index contributed by atoms with van der Waals surface area (Å²) in [6, 6.07) is 0. The number of fused-ring (bicyclic) bond motifs is 1. The Morgan fingerprint density at radius 1 is 1.08 bits per heavy atom. The van der Waals surface area contributed by atoms with Crippen LogP contribution in [0.2, 0.25) is 0 Å². The molecule has 0 aromatic carbocycles. The molecular formula is C12H23N. The van der Waals surface area contributed by atoms with E-state index in [0.29, 0.717) is 5.41 Å². The Morgan fingerprint density at radius 3 is 2.31 bits per heavy atom. The van der Waals surface area contributed by atoms with Crippen LogP contribution in [0.3, 0.4) is 0 Å². The van der Waals surface area contributed by atoms with Crippen molar-refractivity contribution >= 4 is 0 Å². The highest BCUT2D eigenvalue weighted by atomic mass is 14.8. The molecule has 0 spiro atoms. The van der Waals surface area contributed by atoms with Crippen molar-refractivity contribution in [2.45, 2.75) is 58.4 Å². The lowest BCUT2D eigenvalue weighted by molar-refractivity contribution is 0.160. The van der Waals surface area contributed by atoms with Crippen molar-refractivity contribution in [1.82, 2.24) is 0 Å². The van der Waals surface area contributed by atoms with Gasteiger partial charge >= 0.3 is 0 Å². The SMILES string of the molecule is CC1(C)CC2CCCCC2C1(C)N. The first-order valence-electron chi connectivity index (χ1n) is 5.74. The van der Waals surface area contributed by atoms with E-state index in [2.05, 4.69) is 20.8 Å². The van der Waals surface area contributed by atoms with Gasteiger partial charge in [0.25, 0.3) is 0 Å². The molecule has 0 bridgehead atoms. The number of hydrogen-bond acceptors (Lipinski definition) is 1. The van der Waals surface area contributed by atoms with Gasteiger partial charge in [-0.25, -0.2) is 0 Å². The molecule has 0 amide bonds. The van der Waals surface area contributed by atoms with Gasteiger partial charge in [0, 0.05) is 5.54 Å². The molecule has 0 saturated heterocycles. The molecule has 0 aliphatic heterocycles. The van der Waals surface area contributed by atoms with E-state index in [1.807, 2.05) is 0 Å². The van der Waals surface area contributed by atoms with Crippen LogP contribution in [-0.2, 0) is 0 Å². The summed E-state index contributed by atoms with van der Waals surface area (Å²) >= 11 is 0. The molecule has 0 aromatic heterocycles. The van der Waals surface area contributed by atoms with Crippen molar-refractivity contribution < 1.29 is 0 Å². The minimum Gasteiger partial charge on any atom is -0.325 e. The fourth-order valence-electron chi connectivity index (χ4n) is 3.62. The molecule has 2 fully saturated rings. The van der Waals surface area contributed by atoms with Gasteiger partial charge in [-0.2, -0.15) is 0 Å². The van der Waals surface area contributed by atoms with Crippen molar-refractivity contribution in [3.63, 3.8) is 0 Å². The minimum atomic E-state index is 0.0814. The van der Waals surface area contributed by atoms with Crippen LogP contribution in [0.1, 0.15) is 52.9 Å². The summed E-state index contributed by atoms with van der Waals surface area (Å²) in [5.41, 5.74) is 6.95. The third kappa shape index (κ3) is 1.24. The average molecular weight is 181 g/mol. The summed E-state index contributed by atoms with van der Waals surface area (Å²) in [6.45, 7) is 6.99. The topological polar surface area (TPSA) is 26.0 Å². The Labute approximate surface area is 82.1 Å². The molecule has 2 rings (SSSR count). The molecule has 13 heavy (non-hydrogen) atoms. The number of rotatable bonds is 0. The Morgan fingerprint density at radius 2 is 1.69 bits per heavy atom. The largest absolute Gasteiger partial charge is 0.325 e. The lowest BCUT2D eigenvalue weighted by atomic mass is 9.70. The van der Waals surface area contributed by atoms with E-state index in [0.717, 1.165) is 11.8 Å². The summed E-state index contributed by atoms with van der Waals surface area (Å²) in [5.74, 6) is 1.73. The van der Waals surface area contributed by atoms with E-state index in [1.165, 1.54) is 32.1 Å². The lowest BCUT2D eigenvalue weighted by Gasteiger charge is -2.40. The molecule has 3 atom stereocenters. The zero-order valence-electron chi connectivity index (χ0n) is 9.27. The van der Waals surface area contributed by atoms with Gasteiger partial charge in [0.2, 0.25) is 0 Å². The van der Waals surface area contributed by atoms with Crippen LogP contribution >= 0.6 is 0 Å².